The van der Waals surface area contributed by atoms with E-state index in [0.717, 1.165) is 13.1 Å². The van der Waals surface area contributed by atoms with Crippen molar-refractivity contribution in [3.63, 3.8) is 0 Å². The maximum atomic E-state index is 12.6. The van der Waals surface area contributed by atoms with Crippen LogP contribution in [0, 0.1) is 0 Å². The first-order chi connectivity index (χ1) is 9.99. The molecule has 4 nitrogen and oxygen atoms in total. The van der Waals surface area contributed by atoms with E-state index in [1.807, 2.05) is 43.0 Å². The Morgan fingerprint density at radius 1 is 1.14 bits per heavy atom. The molecular weight excluding hydrogens is 264 g/mol. The number of amides is 2. The van der Waals surface area contributed by atoms with Gasteiger partial charge >= 0.3 is 0 Å². The van der Waals surface area contributed by atoms with Crippen LogP contribution in [-0.2, 0) is 9.59 Å². The maximum absolute atomic E-state index is 12.6. The first-order valence-corrected chi connectivity index (χ1v) is 7.70. The van der Waals surface area contributed by atoms with E-state index in [4.69, 9.17) is 0 Å². The molecule has 1 fully saturated rings. The molecule has 1 aromatic rings. The largest absolute Gasteiger partial charge is 0.292 e. The fourth-order valence-corrected chi connectivity index (χ4v) is 2.85. The third-order valence-electron chi connectivity index (χ3n) is 4.19. The van der Waals surface area contributed by atoms with Crippen molar-refractivity contribution in [1.82, 2.24) is 4.90 Å². The standard InChI is InChI=1S/C17H24N2O2/c1-5-18(6-2)15-11-16(20)19(17(15)21)14-9-7-13(8-10-14)12(3)4/h7-10,12,15H,5-6,11H2,1-4H3. The van der Waals surface area contributed by atoms with Crippen LogP contribution in [0.5, 0.6) is 0 Å². The lowest BCUT2D eigenvalue weighted by Crippen LogP contribution is -2.42. The van der Waals surface area contributed by atoms with Crippen LogP contribution >= 0.6 is 0 Å². The number of rotatable bonds is 5. The van der Waals surface area contributed by atoms with Gasteiger partial charge in [-0.05, 0) is 36.7 Å². The van der Waals surface area contributed by atoms with E-state index in [1.54, 1.807) is 0 Å². The summed E-state index contributed by atoms with van der Waals surface area (Å²) < 4.78 is 0. The van der Waals surface area contributed by atoms with Crippen LogP contribution in [0.4, 0.5) is 5.69 Å². The van der Waals surface area contributed by atoms with Gasteiger partial charge in [0.15, 0.2) is 0 Å². The van der Waals surface area contributed by atoms with E-state index in [-0.39, 0.29) is 24.3 Å². The number of likely N-dealkylation sites (N-methyl/N-ethyl adjacent to an activating group) is 1. The minimum Gasteiger partial charge on any atom is -0.292 e. The quantitative estimate of drug-likeness (QED) is 0.782. The van der Waals surface area contributed by atoms with Crippen molar-refractivity contribution in [1.29, 1.82) is 0 Å². The zero-order valence-electron chi connectivity index (χ0n) is 13.3. The highest BCUT2D eigenvalue weighted by molar-refractivity contribution is 6.22. The summed E-state index contributed by atoms with van der Waals surface area (Å²) in [5.74, 6) is 0.239. The van der Waals surface area contributed by atoms with E-state index in [0.29, 0.717) is 11.6 Å². The Labute approximate surface area is 126 Å². The fourth-order valence-electron chi connectivity index (χ4n) is 2.85. The summed E-state index contributed by atoms with van der Waals surface area (Å²) in [7, 11) is 0. The minimum atomic E-state index is -0.308. The molecule has 1 aromatic carbocycles. The van der Waals surface area contributed by atoms with Crippen LogP contribution in [0.2, 0.25) is 0 Å². The normalized spacial score (nSPS) is 19.1. The molecule has 0 spiro atoms. The lowest BCUT2D eigenvalue weighted by atomic mass is 10.0. The summed E-state index contributed by atoms with van der Waals surface area (Å²) in [6.45, 7) is 9.83. The number of carbonyl (C=O) groups is 2. The van der Waals surface area contributed by atoms with Gasteiger partial charge in [0.1, 0.15) is 0 Å². The van der Waals surface area contributed by atoms with Gasteiger partial charge in [0, 0.05) is 0 Å². The number of hydrogen-bond acceptors (Lipinski definition) is 3. The molecule has 0 saturated carbocycles. The van der Waals surface area contributed by atoms with Gasteiger partial charge in [-0.1, -0.05) is 39.8 Å². The van der Waals surface area contributed by atoms with Gasteiger partial charge in [-0.3, -0.25) is 14.5 Å². The zero-order chi connectivity index (χ0) is 15.6. The first kappa shape index (κ1) is 15.7. The van der Waals surface area contributed by atoms with Crippen LogP contribution in [-0.4, -0.2) is 35.8 Å². The topological polar surface area (TPSA) is 40.6 Å². The van der Waals surface area contributed by atoms with Crippen LogP contribution in [0.3, 0.4) is 0 Å². The molecule has 0 N–H and O–H groups in total. The van der Waals surface area contributed by atoms with Crippen molar-refractivity contribution in [2.75, 3.05) is 18.0 Å². The Balaban J connectivity index is 2.24. The molecule has 2 rings (SSSR count). The van der Waals surface area contributed by atoms with Gasteiger partial charge < -0.3 is 0 Å². The Kier molecular flexibility index (Phi) is 4.78. The minimum absolute atomic E-state index is 0.0963. The molecule has 0 radical (unpaired) electrons. The lowest BCUT2D eigenvalue weighted by Gasteiger charge is -2.24. The Hall–Kier alpha value is -1.68. The smallest absolute Gasteiger partial charge is 0.251 e. The average Bonchev–Trinajstić information content (AvgIpc) is 2.76. The summed E-state index contributed by atoms with van der Waals surface area (Å²) >= 11 is 0. The Morgan fingerprint density at radius 3 is 2.19 bits per heavy atom. The third-order valence-corrected chi connectivity index (χ3v) is 4.19. The molecule has 1 heterocycles. The highest BCUT2D eigenvalue weighted by Crippen LogP contribution is 2.27. The monoisotopic (exact) mass is 288 g/mol. The summed E-state index contributed by atoms with van der Waals surface area (Å²) in [6, 6.07) is 7.42. The van der Waals surface area contributed by atoms with Gasteiger partial charge in [0.2, 0.25) is 5.91 Å². The van der Waals surface area contributed by atoms with E-state index in [2.05, 4.69) is 13.8 Å². The predicted octanol–water partition coefficient (Wildman–Crippen LogP) is 2.78. The van der Waals surface area contributed by atoms with Crippen LogP contribution in [0.1, 0.15) is 45.6 Å². The Bertz CT molecular complexity index is 518. The molecule has 1 aliphatic heterocycles. The summed E-state index contributed by atoms with van der Waals surface area (Å²) in [5.41, 5.74) is 1.89. The summed E-state index contributed by atoms with van der Waals surface area (Å²) in [4.78, 5) is 28.2. The highest BCUT2D eigenvalue weighted by atomic mass is 16.2. The van der Waals surface area contributed by atoms with Crippen LogP contribution < -0.4 is 4.90 Å². The molecule has 0 aliphatic carbocycles. The van der Waals surface area contributed by atoms with E-state index in [9.17, 15) is 9.59 Å². The molecule has 114 valence electrons. The number of nitrogens with zero attached hydrogens (tertiary/aromatic N) is 2. The highest BCUT2D eigenvalue weighted by Gasteiger charge is 2.41. The van der Waals surface area contributed by atoms with E-state index < -0.39 is 0 Å². The van der Waals surface area contributed by atoms with Crippen molar-refractivity contribution in [2.45, 2.75) is 46.1 Å². The van der Waals surface area contributed by atoms with Gasteiger partial charge in [-0.15, -0.1) is 0 Å². The van der Waals surface area contributed by atoms with E-state index in [1.165, 1.54) is 10.5 Å². The summed E-state index contributed by atoms with van der Waals surface area (Å²) in [5, 5.41) is 0. The van der Waals surface area contributed by atoms with Crippen molar-refractivity contribution < 1.29 is 9.59 Å². The van der Waals surface area contributed by atoms with Gasteiger partial charge in [-0.2, -0.15) is 0 Å². The predicted molar refractivity (Wildman–Crippen MR) is 84.4 cm³/mol. The van der Waals surface area contributed by atoms with Gasteiger partial charge in [0.05, 0.1) is 18.2 Å². The van der Waals surface area contributed by atoms with Gasteiger partial charge in [-0.25, -0.2) is 4.90 Å². The SMILES string of the molecule is CCN(CC)C1CC(=O)N(c2ccc(C(C)C)cc2)C1=O. The van der Waals surface area contributed by atoms with Crippen molar-refractivity contribution in [3.8, 4) is 0 Å². The number of imide groups is 1. The van der Waals surface area contributed by atoms with E-state index >= 15 is 0 Å². The molecule has 1 atom stereocenters. The molecule has 0 aromatic heterocycles. The van der Waals surface area contributed by atoms with Crippen molar-refractivity contribution in [2.24, 2.45) is 0 Å². The molecule has 2 amide bonds. The second-order valence-corrected chi connectivity index (χ2v) is 5.75. The van der Waals surface area contributed by atoms with Crippen LogP contribution in [0.15, 0.2) is 24.3 Å². The van der Waals surface area contributed by atoms with Gasteiger partial charge in [0.25, 0.3) is 5.91 Å². The molecule has 0 bridgehead atoms. The molecule has 21 heavy (non-hydrogen) atoms. The fraction of sp³-hybridized carbons (Fsp3) is 0.529. The summed E-state index contributed by atoms with van der Waals surface area (Å²) in [6.07, 6.45) is 0.284. The second-order valence-electron chi connectivity index (χ2n) is 5.75. The van der Waals surface area contributed by atoms with Crippen molar-refractivity contribution in [3.05, 3.63) is 29.8 Å². The van der Waals surface area contributed by atoms with Crippen molar-refractivity contribution >= 4 is 17.5 Å². The third kappa shape index (κ3) is 3.00. The first-order valence-electron chi connectivity index (χ1n) is 7.70. The molecular formula is C17H24N2O2. The number of benzene rings is 1. The zero-order valence-corrected chi connectivity index (χ0v) is 13.3. The molecule has 1 unspecified atom stereocenters. The molecule has 4 heteroatoms. The molecule has 1 aliphatic rings. The molecule has 1 saturated heterocycles. The average molecular weight is 288 g/mol. The maximum Gasteiger partial charge on any atom is 0.251 e. The number of anilines is 1. The van der Waals surface area contributed by atoms with Crippen LogP contribution in [0.25, 0.3) is 0 Å². The number of hydrogen-bond donors (Lipinski definition) is 0. The lowest BCUT2D eigenvalue weighted by molar-refractivity contribution is -0.122. The number of carbonyl (C=O) groups excluding carboxylic acids is 2. The second kappa shape index (κ2) is 6.39. The Morgan fingerprint density at radius 2 is 1.71 bits per heavy atom.